The molecular formula is C8H13NOSi. The molecule has 0 saturated carbocycles. The van der Waals surface area contributed by atoms with Crippen LogP contribution in [0.3, 0.4) is 0 Å². The van der Waals surface area contributed by atoms with Gasteiger partial charge >= 0.3 is 0 Å². The largest absolute Gasteiger partial charge is 0.428 e. The van der Waals surface area contributed by atoms with E-state index in [-0.39, 0.29) is 0 Å². The molecule has 1 aromatic heterocycles. The highest BCUT2D eigenvalue weighted by Crippen LogP contribution is 1.97. The smallest absolute Gasteiger partial charge is 0.145 e. The van der Waals surface area contributed by atoms with Gasteiger partial charge in [0.2, 0.25) is 0 Å². The molecule has 0 spiro atoms. The quantitative estimate of drug-likeness (QED) is 0.476. The third-order valence-corrected chi connectivity index (χ3v) is 1.92. The van der Waals surface area contributed by atoms with Gasteiger partial charge < -0.3 is 4.43 Å². The summed E-state index contributed by atoms with van der Waals surface area (Å²) in [6.07, 6.45) is 3.94. The average Bonchev–Trinajstić information content (AvgIpc) is 2.07. The second kappa shape index (κ2) is 5.04. The van der Waals surface area contributed by atoms with Crippen LogP contribution in [0.2, 0.25) is 0 Å². The fourth-order valence-electron chi connectivity index (χ4n) is 0.944. The van der Waals surface area contributed by atoms with Crippen molar-refractivity contribution in [3.63, 3.8) is 0 Å². The van der Waals surface area contributed by atoms with Crippen LogP contribution in [0.15, 0.2) is 24.4 Å². The minimum atomic E-state index is 0.845. The number of nitrogens with zero attached hydrogens (tertiary/aromatic N) is 1. The molecule has 3 heteroatoms. The average molecular weight is 167 g/mol. The third-order valence-electron chi connectivity index (χ3n) is 1.51. The van der Waals surface area contributed by atoms with Crippen molar-refractivity contribution in [1.82, 2.24) is 4.98 Å². The number of hydrogen-bond donors (Lipinski definition) is 0. The third kappa shape index (κ3) is 3.30. The molecule has 1 heterocycles. The van der Waals surface area contributed by atoms with Gasteiger partial charge in [0.05, 0.1) is 0 Å². The summed E-state index contributed by atoms with van der Waals surface area (Å²) in [6, 6.07) is 6.00. The first-order valence-electron chi connectivity index (χ1n) is 3.82. The highest BCUT2D eigenvalue weighted by Gasteiger charge is 1.90. The molecule has 0 bridgehead atoms. The Bertz CT molecular complexity index is 191. The molecule has 0 saturated heterocycles. The van der Waals surface area contributed by atoms with Crippen molar-refractivity contribution < 1.29 is 4.43 Å². The van der Waals surface area contributed by atoms with E-state index >= 15 is 0 Å². The molecule has 0 atom stereocenters. The zero-order valence-corrected chi connectivity index (χ0v) is 8.79. The number of hydrogen-bond acceptors (Lipinski definition) is 2. The second-order valence-electron chi connectivity index (χ2n) is 2.42. The van der Waals surface area contributed by atoms with Gasteiger partial charge in [0.1, 0.15) is 10.5 Å². The lowest BCUT2D eigenvalue weighted by Crippen LogP contribution is -1.94. The molecule has 11 heavy (non-hydrogen) atoms. The highest BCUT2D eigenvalue weighted by atomic mass is 28.2. The molecule has 0 N–H and O–H groups in total. The Morgan fingerprint density at radius 3 is 3.00 bits per heavy atom. The van der Waals surface area contributed by atoms with E-state index in [4.69, 9.17) is 4.43 Å². The van der Waals surface area contributed by atoms with Crippen LogP contribution in [0.25, 0.3) is 0 Å². The molecule has 0 aliphatic rings. The van der Waals surface area contributed by atoms with Gasteiger partial charge in [-0.05, 0) is 25.0 Å². The standard InChI is InChI=1S/C8H13NOSi/c11-10-7-3-5-8-4-1-2-6-9-8/h1-2,4,6H,3,5,7H2,11H3. The Labute approximate surface area is 70.2 Å². The maximum absolute atomic E-state index is 5.07. The number of pyridine rings is 1. The van der Waals surface area contributed by atoms with E-state index in [1.807, 2.05) is 24.4 Å². The van der Waals surface area contributed by atoms with Crippen molar-refractivity contribution in [3.8, 4) is 0 Å². The molecule has 0 amide bonds. The Balaban J connectivity index is 2.28. The van der Waals surface area contributed by atoms with Crippen LogP contribution in [-0.2, 0) is 10.8 Å². The van der Waals surface area contributed by atoms with E-state index in [1.54, 1.807) is 0 Å². The van der Waals surface area contributed by atoms with Crippen LogP contribution in [0.4, 0.5) is 0 Å². The van der Waals surface area contributed by atoms with Gasteiger partial charge in [-0.2, -0.15) is 0 Å². The number of rotatable bonds is 4. The Morgan fingerprint density at radius 2 is 2.36 bits per heavy atom. The van der Waals surface area contributed by atoms with Gasteiger partial charge in [0.25, 0.3) is 0 Å². The molecular weight excluding hydrogens is 154 g/mol. The molecule has 0 fully saturated rings. The second-order valence-corrected chi connectivity index (χ2v) is 2.99. The first-order valence-corrected chi connectivity index (χ1v) is 4.64. The summed E-state index contributed by atoms with van der Waals surface area (Å²) in [5.74, 6) is 0. The van der Waals surface area contributed by atoms with Gasteiger partial charge in [-0.15, -0.1) is 0 Å². The van der Waals surface area contributed by atoms with Crippen molar-refractivity contribution in [2.75, 3.05) is 6.61 Å². The lowest BCUT2D eigenvalue weighted by atomic mass is 10.2. The maximum atomic E-state index is 5.07. The molecule has 0 aromatic carbocycles. The Morgan fingerprint density at radius 1 is 1.45 bits per heavy atom. The van der Waals surface area contributed by atoms with Crippen molar-refractivity contribution in [2.24, 2.45) is 0 Å². The van der Waals surface area contributed by atoms with Crippen molar-refractivity contribution in [3.05, 3.63) is 30.1 Å². The molecule has 1 aromatic rings. The van der Waals surface area contributed by atoms with Crippen LogP contribution in [0.1, 0.15) is 12.1 Å². The lowest BCUT2D eigenvalue weighted by molar-refractivity contribution is 0.340. The van der Waals surface area contributed by atoms with Gasteiger partial charge in [-0.3, -0.25) is 4.98 Å². The van der Waals surface area contributed by atoms with E-state index in [0.717, 1.165) is 35.6 Å². The van der Waals surface area contributed by atoms with Gasteiger partial charge in [-0.1, -0.05) is 6.07 Å². The van der Waals surface area contributed by atoms with Gasteiger partial charge in [0, 0.05) is 18.5 Å². The van der Waals surface area contributed by atoms with Crippen molar-refractivity contribution in [2.45, 2.75) is 12.8 Å². The molecule has 1 rings (SSSR count). The summed E-state index contributed by atoms with van der Waals surface area (Å²) in [7, 11) is 0.845. The van der Waals surface area contributed by atoms with E-state index < -0.39 is 0 Å². The van der Waals surface area contributed by atoms with E-state index in [2.05, 4.69) is 4.98 Å². The normalized spacial score (nSPS) is 10.2. The summed E-state index contributed by atoms with van der Waals surface area (Å²) < 4.78 is 5.07. The van der Waals surface area contributed by atoms with Crippen LogP contribution in [0, 0.1) is 0 Å². The molecule has 2 nitrogen and oxygen atoms in total. The molecule has 0 unspecified atom stereocenters. The van der Waals surface area contributed by atoms with Crippen LogP contribution < -0.4 is 0 Å². The number of aromatic nitrogens is 1. The molecule has 0 radical (unpaired) electrons. The first kappa shape index (κ1) is 8.42. The Kier molecular flexibility index (Phi) is 3.86. The monoisotopic (exact) mass is 167 g/mol. The number of aryl methyl sites for hydroxylation is 1. The maximum Gasteiger partial charge on any atom is 0.145 e. The minimum Gasteiger partial charge on any atom is -0.428 e. The lowest BCUT2D eigenvalue weighted by Gasteiger charge is -1.98. The highest BCUT2D eigenvalue weighted by molar-refractivity contribution is 5.97. The first-order chi connectivity index (χ1) is 5.43. The van der Waals surface area contributed by atoms with E-state index in [0.29, 0.717) is 0 Å². The fourth-order valence-corrected chi connectivity index (χ4v) is 1.23. The van der Waals surface area contributed by atoms with Crippen molar-refractivity contribution >= 4 is 10.5 Å². The minimum absolute atomic E-state index is 0.845. The summed E-state index contributed by atoms with van der Waals surface area (Å²) in [4.78, 5) is 4.21. The van der Waals surface area contributed by atoms with Crippen molar-refractivity contribution in [1.29, 1.82) is 0 Å². The summed E-state index contributed by atoms with van der Waals surface area (Å²) in [5, 5.41) is 0. The summed E-state index contributed by atoms with van der Waals surface area (Å²) >= 11 is 0. The van der Waals surface area contributed by atoms with Crippen LogP contribution >= 0.6 is 0 Å². The Hall–Kier alpha value is -0.673. The summed E-state index contributed by atoms with van der Waals surface area (Å²) in [6.45, 7) is 0.878. The SMILES string of the molecule is [SiH3]OCCCc1ccccn1. The topological polar surface area (TPSA) is 22.1 Å². The van der Waals surface area contributed by atoms with E-state index in [9.17, 15) is 0 Å². The predicted octanol–water partition coefficient (Wildman–Crippen LogP) is 0.311. The zero-order valence-electron chi connectivity index (χ0n) is 6.79. The zero-order chi connectivity index (χ0) is 7.94. The van der Waals surface area contributed by atoms with E-state index in [1.165, 1.54) is 0 Å². The fraction of sp³-hybridized carbons (Fsp3) is 0.375. The van der Waals surface area contributed by atoms with Crippen LogP contribution in [0.5, 0.6) is 0 Å². The molecule has 0 aliphatic carbocycles. The van der Waals surface area contributed by atoms with Gasteiger partial charge in [0.15, 0.2) is 0 Å². The predicted molar refractivity (Wildman–Crippen MR) is 48.4 cm³/mol. The van der Waals surface area contributed by atoms with Gasteiger partial charge in [-0.25, -0.2) is 0 Å². The molecule has 60 valence electrons. The summed E-state index contributed by atoms with van der Waals surface area (Å²) in [5.41, 5.74) is 1.16. The van der Waals surface area contributed by atoms with Crippen LogP contribution in [-0.4, -0.2) is 22.1 Å². The molecule has 0 aliphatic heterocycles.